The van der Waals surface area contributed by atoms with Gasteiger partial charge >= 0.3 is 0 Å². The van der Waals surface area contributed by atoms with E-state index in [1.54, 1.807) is 7.05 Å². The molecule has 1 saturated heterocycles. The van der Waals surface area contributed by atoms with Crippen LogP contribution >= 0.6 is 24.0 Å². The van der Waals surface area contributed by atoms with Gasteiger partial charge in [0, 0.05) is 39.0 Å². The quantitative estimate of drug-likeness (QED) is 0.289. The Morgan fingerprint density at radius 1 is 1.24 bits per heavy atom. The molecule has 0 amide bonds. The van der Waals surface area contributed by atoms with Crippen molar-refractivity contribution in [2.45, 2.75) is 45.7 Å². The predicted octanol–water partition coefficient (Wildman–Crippen LogP) is 2.89. The molecule has 2 rings (SSSR count). The first-order valence-corrected chi connectivity index (χ1v) is 12.1. The minimum atomic E-state index is -2.93. The third-order valence-electron chi connectivity index (χ3n) is 5.34. The van der Waals surface area contributed by atoms with Gasteiger partial charge in [0.25, 0.3) is 0 Å². The van der Waals surface area contributed by atoms with Crippen LogP contribution in [0.15, 0.2) is 35.3 Å². The minimum absolute atomic E-state index is 0. The Labute approximate surface area is 193 Å². The zero-order chi connectivity index (χ0) is 20.6. The van der Waals surface area contributed by atoms with E-state index in [0.29, 0.717) is 19.0 Å². The molecule has 1 aliphatic heterocycles. The van der Waals surface area contributed by atoms with Gasteiger partial charge in [-0.3, -0.25) is 9.89 Å². The van der Waals surface area contributed by atoms with Crippen LogP contribution < -0.4 is 10.6 Å². The van der Waals surface area contributed by atoms with Crippen LogP contribution in [-0.4, -0.2) is 64.0 Å². The lowest BCUT2D eigenvalue weighted by Gasteiger charge is -2.28. The van der Waals surface area contributed by atoms with E-state index < -0.39 is 9.84 Å². The first-order valence-electron chi connectivity index (χ1n) is 10.1. The van der Waals surface area contributed by atoms with Gasteiger partial charge in [0.05, 0.1) is 5.75 Å². The van der Waals surface area contributed by atoms with Gasteiger partial charge in [-0.25, -0.2) is 8.42 Å². The average molecular weight is 537 g/mol. The summed E-state index contributed by atoms with van der Waals surface area (Å²) < 4.78 is 22.8. The van der Waals surface area contributed by atoms with Gasteiger partial charge in [-0.15, -0.1) is 24.0 Å². The van der Waals surface area contributed by atoms with E-state index in [1.165, 1.54) is 24.7 Å². The lowest BCUT2D eigenvalue weighted by atomic mass is 9.90. The highest BCUT2D eigenvalue weighted by Gasteiger charge is 2.25. The monoisotopic (exact) mass is 536 g/mol. The van der Waals surface area contributed by atoms with Gasteiger partial charge in [0.2, 0.25) is 0 Å². The molecule has 0 aromatic heterocycles. The van der Waals surface area contributed by atoms with Crippen molar-refractivity contribution >= 4 is 39.8 Å². The first kappa shape index (κ1) is 26.2. The summed E-state index contributed by atoms with van der Waals surface area (Å²) in [5, 5.41) is 6.81. The number of guanidine groups is 1. The van der Waals surface area contributed by atoms with Crippen molar-refractivity contribution in [3.05, 3.63) is 35.9 Å². The normalized spacial score (nSPS) is 18.3. The van der Waals surface area contributed by atoms with Crippen molar-refractivity contribution in [2.75, 3.05) is 38.7 Å². The largest absolute Gasteiger partial charge is 0.356 e. The van der Waals surface area contributed by atoms with Gasteiger partial charge in [-0.1, -0.05) is 44.2 Å². The predicted molar refractivity (Wildman–Crippen MR) is 133 cm³/mol. The maximum Gasteiger partial charge on any atom is 0.191 e. The fourth-order valence-electron chi connectivity index (χ4n) is 3.46. The van der Waals surface area contributed by atoms with Gasteiger partial charge in [0.15, 0.2) is 5.96 Å². The van der Waals surface area contributed by atoms with E-state index in [9.17, 15) is 8.42 Å². The van der Waals surface area contributed by atoms with Gasteiger partial charge in [-0.2, -0.15) is 0 Å². The second kappa shape index (κ2) is 12.1. The third-order valence-corrected chi connectivity index (χ3v) is 6.29. The maximum absolute atomic E-state index is 11.4. The Morgan fingerprint density at radius 3 is 2.55 bits per heavy atom. The SMILES string of the molecule is CN=C(NCC1CCCN1Cc1ccccc1)NCC(C)(C)CCS(C)(=O)=O.I. The maximum atomic E-state index is 11.4. The van der Waals surface area contributed by atoms with Crippen LogP contribution in [0.1, 0.15) is 38.7 Å². The Balaban J connectivity index is 0.00000420. The Bertz CT molecular complexity index is 738. The number of rotatable bonds is 9. The van der Waals surface area contributed by atoms with Crippen molar-refractivity contribution in [1.82, 2.24) is 15.5 Å². The van der Waals surface area contributed by atoms with Crippen molar-refractivity contribution < 1.29 is 8.42 Å². The van der Waals surface area contributed by atoms with Gasteiger partial charge in [0.1, 0.15) is 9.84 Å². The van der Waals surface area contributed by atoms with E-state index in [4.69, 9.17) is 0 Å². The molecule has 2 N–H and O–H groups in total. The van der Waals surface area contributed by atoms with Crippen molar-refractivity contribution in [1.29, 1.82) is 0 Å². The van der Waals surface area contributed by atoms with Gasteiger partial charge < -0.3 is 10.6 Å². The number of halogens is 1. The molecule has 6 nitrogen and oxygen atoms in total. The molecule has 29 heavy (non-hydrogen) atoms. The second-order valence-corrected chi connectivity index (χ2v) is 10.9. The molecule has 0 radical (unpaired) electrons. The Kier molecular flexibility index (Phi) is 10.9. The molecule has 8 heteroatoms. The van der Waals surface area contributed by atoms with Crippen LogP contribution in [-0.2, 0) is 16.4 Å². The summed E-state index contributed by atoms with van der Waals surface area (Å²) in [4.78, 5) is 6.86. The lowest BCUT2D eigenvalue weighted by molar-refractivity contribution is 0.245. The standard InChI is InChI=1S/C21H36N4O2S.HI/c1-21(2,12-14-28(4,26)27)17-24-20(22-3)23-15-19-11-8-13-25(19)16-18-9-6-5-7-10-18;/h5-7,9-10,19H,8,11-17H2,1-4H3,(H2,22,23,24);1H. The number of hydrogen-bond acceptors (Lipinski definition) is 4. The fraction of sp³-hybridized carbons (Fsp3) is 0.667. The average Bonchev–Trinajstić information content (AvgIpc) is 3.08. The Hall–Kier alpha value is -0.870. The highest BCUT2D eigenvalue weighted by molar-refractivity contribution is 14.0. The van der Waals surface area contributed by atoms with Crippen LogP contribution in [0.5, 0.6) is 0 Å². The van der Waals surface area contributed by atoms with Crippen LogP contribution in [0.2, 0.25) is 0 Å². The van der Waals surface area contributed by atoms with Gasteiger partial charge in [-0.05, 0) is 36.8 Å². The molecule has 166 valence electrons. The zero-order valence-corrected chi connectivity index (χ0v) is 21.3. The number of benzene rings is 1. The molecule has 1 aliphatic rings. The summed E-state index contributed by atoms with van der Waals surface area (Å²) in [5.74, 6) is 0.989. The minimum Gasteiger partial charge on any atom is -0.356 e. The highest BCUT2D eigenvalue weighted by Crippen LogP contribution is 2.21. The molecular weight excluding hydrogens is 499 g/mol. The number of sulfone groups is 1. The summed E-state index contributed by atoms with van der Waals surface area (Å²) in [7, 11) is -1.16. The molecule has 0 bridgehead atoms. The summed E-state index contributed by atoms with van der Waals surface area (Å²) in [6.45, 7) is 7.81. The van der Waals surface area contributed by atoms with Crippen molar-refractivity contribution in [2.24, 2.45) is 10.4 Å². The van der Waals surface area contributed by atoms with Crippen LogP contribution in [0, 0.1) is 5.41 Å². The molecule has 1 aromatic rings. The van der Waals surface area contributed by atoms with E-state index in [-0.39, 0.29) is 35.1 Å². The van der Waals surface area contributed by atoms with Crippen molar-refractivity contribution in [3.63, 3.8) is 0 Å². The number of nitrogens with zero attached hydrogens (tertiary/aromatic N) is 2. The number of hydrogen-bond donors (Lipinski definition) is 2. The van der Waals surface area contributed by atoms with E-state index in [2.05, 4.69) is 64.7 Å². The third kappa shape index (κ3) is 10.1. The molecule has 1 aromatic carbocycles. The molecule has 1 atom stereocenters. The number of nitrogens with one attached hydrogen (secondary N) is 2. The lowest BCUT2D eigenvalue weighted by Crippen LogP contribution is -2.47. The van der Waals surface area contributed by atoms with E-state index >= 15 is 0 Å². The second-order valence-electron chi connectivity index (χ2n) is 8.60. The van der Waals surface area contributed by atoms with Crippen LogP contribution in [0.25, 0.3) is 0 Å². The van der Waals surface area contributed by atoms with E-state index in [1.807, 2.05) is 0 Å². The molecular formula is C21H37IN4O2S. The van der Waals surface area contributed by atoms with Crippen LogP contribution in [0.3, 0.4) is 0 Å². The molecule has 0 spiro atoms. The zero-order valence-electron chi connectivity index (χ0n) is 18.1. The molecule has 1 fully saturated rings. The first-order chi connectivity index (χ1) is 13.2. The summed E-state index contributed by atoms with van der Waals surface area (Å²) >= 11 is 0. The van der Waals surface area contributed by atoms with Crippen molar-refractivity contribution in [3.8, 4) is 0 Å². The molecule has 0 saturated carbocycles. The molecule has 0 aliphatic carbocycles. The molecule has 1 unspecified atom stereocenters. The molecule has 1 heterocycles. The summed E-state index contributed by atoms with van der Waals surface area (Å²) in [6.07, 6.45) is 4.34. The topological polar surface area (TPSA) is 73.8 Å². The van der Waals surface area contributed by atoms with E-state index in [0.717, 1.165) is 25.6 Å². The summed E-state index contributed by atoms with van der Waals surface area (Å²) in [6, 6.07) is 11.1. The number of aliphatic imine (C=N–C) groups is 1. The fourth-order valence-corrected chi connectivity index (χ4v) is 4.38. The summed E-state index contributed by atoms with van der Waals surface area (Å²) in [5.41, 5.74) is 1.23. The number of likely N-dealkylation sites (tertiary alicyclic amines) is 1. The smallest absolute Gasteiger partial charge is 0.191 e. The Morgan fingerprint density at radius 2 is 1.93 bits per heavy atom. The highest BCUT2D eigenvalue weighted by atomic mass is 127. The van der Waals surface area contributed by atoms with Crippen LogP contribution in [0.4, 0.5) is 0 Å².